The van der Waals surface area contributed by atoms with Crippen LogP contribution in [-0.2, 0) is 4.79 Å². The number of aryl methyl sites for hydroxylation is 1. The number of benzene rings is 1. The van der Waals surface area contributed by atoms with Gasteiger partial charge in [0.25, 0.3) is 0 Å². The summed E-state index contributed by atoms with van der Waals surface area (Å²) in [5.74, 6) is 0.158. The molecule has 1 unspecified atom stereocenters. The molecule has 13 heavy (non-hydrogen) atoms. The maximum Gasteiger partial charge on any atom is 0.223 e. The van der Waals surface area contributed by atoms with Gasteiger partial charge in [-0.05, 0) is 18.6 Å². The highest BCUT2D eigenvalue weighted by molar-refractivity contribution is 8.00. The van der Waals surface area contributed by atoms with Gasteiger partial charge in [0, 0.05) is 4.90 Å². The Kier molecular flexibility index (Phi) is 2.27. The van der Waals surface area contributed by atoms with E-state index in [1.54, 1.807) is 11.8 Å². The van der Waals surface area contributed by atoms with E-state index in [1.807, 2.05) is 12.1 Å². The number of carbonyl (C=O) groups is 1. The van der Waals surface area contributed by atoms with Gasteiger partial charge in [-0.3, -0.25) is 4.79 Å². The fraction of sp³-hybridized carbons (Fsp3) is 0.300. The molecule has 1 heterocycles. The second-order valence-electron chi connectivity index (χ2n) is 3.14. The molecular weight excluding hydrogens is 182 g/mol. The Bertz CT molecular complexity index is 329. The van der Waals surface area contributed by atoms with E-state index in [2.05, 4.69) is 24.4 Å². The van der Waals surface area contributed by atoms with Crippen molar-refractivity contribution in [3.8, 4) is 0 Å². The Morgan fingerprint density at radius 2 is 2.15 bits per heavy atom. The summed E-state index contributed by atoms with van der Waals surface area (Å²) < 4.78 is 0. The number of nitrogens with one attached hydrogen (secondary N) is 1. The largest absolute Gasteiger partial charge is 0.343 e. The van der Waals surface area contributed by atoms with E-state index in [9.17, 15) is 4.79 Å². The number of rotatable bonds is 2. The normalized spacial score (nSPS) is 20.7. The Hall–Kier alpha value is -0.960. The van der Waals surface area contributed by atoms with Gasteiger partial charge in [-0.25, -0.2) is 0 Å². The summed E-state index contributed by atoms with van der Waals surface area (Å²) in [7, 11) is 0. The van der Waals surface area contributed by atoms with E-state index in [-0.39, 0.29) is 11.3 Å². The molecule has 2 rings (SSSR count). The maximum absolute atomic E-state index is 10.7. The SMILES string of the molecule is Cc1ccccc1SC1CC(=O)N1. The molecule has 1 N–H and O–H groups in total. The van der Waals surface area contributed by atoms with Gasteiger partial charge in [0.15, 0.2) is 0 Å². The van der Waals surface area contributed by atoms with Gasteiger partial charge in [0.2, 0.25) is 5.91 Å². The molecule has 1 aromatic carbocycles. The van der Waals surface area contributed by atoms with Crippen LogP contribution in [-0.4, -0.2) is 11.3 Å². The molecule has 0 bridgehead atoms. The second kappa shape index (κ2) is 3.42. The first-order valence-electron chi connectivity index (χ1n) is 4.27. The van der Waals surface area contributed by atoms with Gasteiger partial charge in [0.05, 0.1) is 11.8 Å². The van der Waals surface area contributed by atoms with Crippen molar-refractivity contribution < 1.29 is 4.79 Å². The highest BCUT2D eigenvalue weighted by Crippen LogP contribution is 2.29. The average molecular weight is 193 g/mol. The lowest BCUT2D eigenvalue weighted by molar-refractivity contribution is -0.126. The molecule has 1 saturated heterocycles. The predicted octanol–water partition coefficient (Wildman–Crippen LogP) is 1.93. The minimum atomic E-state index is 0.158. The van der Waals surface area contributed by atoms with Crippen molar-refractivity contribution >= 4 is 17.7 Å². The first-order chi connectivity index (χ1) is 6.25. The Balaban J connectivity index is 2.02. The van der Waals surface area contributed by atoms with Gasteiger partial charge < -0.3 is 5.32 Å². The third-order valence-corrected chi connectivity index (χ3v) is 3.34. The summed E-state index contributed by atoms with van der Waals surface area (Å²) in [5.41, 5.74) is 1.27. The van der Waals surface area contributed by atoms with Crippen molar-refractivity contribution in [3.05, 3.63) is 29.8 Å². The monoisotopic (exact) mass is 193 g/mol. The van der Waals surface area contributed by atoms with Crippen LogP contribution in [0.3, 0.4) is 0 Å². The first-order valence-corrected chi connectivity index (χ1v) is 5.15. The van der Waals surface area contributed by atoms with Crippen LogP contribution in [0.1, 0.15) is 12.0 Å². The zero-order chi connectivity index (χ0) is 9.26. The Labute approximate surface area is 81.7 Å². The molecule has 0 saturated carbocycles. The average Bonchev–Trinajstić information content (AvgIpc) is 2.06. The molecule has 1 fully saturated rings. The van der Waals surface area contributed by atoms with Gasteiger partial charge >= 0.3 is 0 Å². The Morgan fingerprint density at radius 3 is 2.77 bits per heavy atom. The number of hydrogen-bond acceptors (Lipinski definition) is 2. The van der Waals surface area contributed by atoms with Crippen molar-refractivity contribution in [1.82, 2.24) is 5.32 Å². The minimum Gasteiger partial charge on any atom is -0.343 e. The number of thioether (sulfide) groups is 1. The van der Waals surface area contributed by atoms with Crippen LogP contribution < -0.4 is 5.32 Å². The van der Waals surface area contributed by atoms with Crippen LogP contribution in [0.4, 0.5) is 0 Å². The number of β-lactam (4-membered cyclic amide) rings is 1. The molecule has 0 radical (unpaired) electrons. The van der Waals surface area contributed by atoms with Gasteiger partial charge in [-0.15, -0.1) is 11.8 Å². The fourth-order valence-electron chi connectivity index (χ4n) is 1.24. The van der Waals surface area contributed by atoms with Crippen LogP contribution in [0.15, 0.2) is 29.2 Å². The van der Waals surface area contributed by atoms with Crippen LogP contribution >= 0.6 is 11.8 Å². The molecular formula is C10H11NOS. The predicted molar refractivity (Wildman–Crippen MR) is 53.6 cm³/mol. The van der Waals surface area contributed by atoms with Crippen LogP contribution in [0, 0.1) is 6.92 Å². The highest BCUT2D eigenvalue weighted by atomic mass is 32.2. The van der Waals surface area contributed by atoms with E-state index >= 15 is 0 Å². The summed E-state index contributed by atoms with van der Waals surface area (Å²) in [5, 5.41) is 3.13. The minimum absolute atomic E-state index is 0.158. The summed E-state index contributed by atoms with van der Waals surface area (Å²) >= 11 is 1.73. The smallest absolute Gasteiger partial charge is 0.223 e. The van der Waals surface area contributed by atoms with E-state index < -0.39 is 0 Å². The summed E-state index contributed by atoms with van der Waals surface area (Å²) in [6, 6.07) is 8.22. The van der Waals surface area contributed by atoms with Gasteiger partial charge in [-0.1, -0.05) is 18.2 Å². The molecule has 2 nitrogen and oxygen atoms in total. The molecule has 0 spiro atoms. The van der Waals surface area contributed by atoms with Crippen molar-refractivity contribution in [1.29, 1.82) is 0 Å². The molecule has 68 valence electrons. The third kappa shape index (κ3) is 1.86. The molecule has 1 amide bonds. The van der Waals surface area contributed by atoms with Crippen molar-refractivity contribution in [3.63, 3.8) is 0 Å². The summed E-state index contributed by atoms with van der Waals surface area (Å²) in [6.07, 6.45) is 0.652. The van der Waals surface area contributed by atoms with Crippen LogP contribution in [0.5, 0.6) is 0 Å². The van der Waals surface area contributed by atoms with Gasteiger partial charge in [-0.2, -0.15) is 0 Å². The summed E-state index contributed by atoms with van der Waals surface area (Å²) in [4.78, 5) is 11.9. The standard InChI is InChI=1S/C10H11NOS/c1-7-4-2-3-5-8(7)13-10-6-9(12)11-10/h2-5,10H,6H2,1H3,(H,11,12). The van der Waals surface area contributed by atoms with E-state index in [0.29, 0.717) is 6.42 Å². The molecule has 1 aromatic rings. The lowest BCUT2D eigenvalue weighted by Gasteiger charge is -2.26. The van der Waals surface area contributed by atoms with Crippen molar-refractivity contribution in [2.24, 2.45) is 0 Å². The maximum atomic E-state index is 10.7. The summed E-state index contributed by atoms with van der Waals surface area (Å²) in [6.45, 7) is 2.09. The lowest BCUT2D eigenvalue weighted by atomic mass is 10.2. The molecule has 1 aliphatic heterocycles. The first kappa shape index (κ1) is 8.63. The Morgan fingerprint density at radius 1 is 1.46 bits per heavy atom. The van der Waals surface area contributed by atoms with Crippen molar-refractivity contribution in [2.45, 2.75) is 23.6 Å². The number of carbonyl (C=O) groups excluding carboxylic acids is 1. The van der Waals surface area contributed by atoms with Gasteiger partial charge in [0.1, 0.15) is 0 Å². The van der Waals surface area contributed by atoms with Crippen LogP contribution in [0.2, 0.25) is 0 Å². The molecule has 3 heteroatoms. The highest BCUT2D eigenvalue weighted by Gasteiger charge is 2.26. The topological polar surface area (TPSA) is 29.1 Å². The zero-order valence-corrected chi connectivity index (χ0v) is 8.23. The number of hydrogen-bond donors (Lipinski definition) is 1. The fourth-order valence-corrected chi connectivity index (χ4v) is 2.38. The zero-order valence-electron chi connectivity index (χ0n) is 7.41. The lowest BCUT2D eigenvalue weighted by Crippen LogP contribution is -2.46. The molecule has 0 aromatic heterocycles. The third-order valence-electron chi connectivity index (χ3n) is 2.06. The molecule has 1 atom stereocenters. The number of amides is 1. The molecule has 1 aliphatic rings. The molecule has 0 aliphatic carbocycles. The van der Waals surface area contributed by atoms with E-state index in [0.717, 1.165) is 0 Å². The van der Waals surface area contributed by atoms with E-state index in [1.165, 1.54) is 10.5 Å². The quantitative estimate of drug-likeness (QED) is 0.727. The van der Waals surface area contributed by atoms with E-state index in [4.69, 9.17) is 0 Å². The van der Waals surface area contributed by atoms with Crippen molar-refractivity contribution in [2.75, 3.05) is 0 Å². The van der Waals surface area contributed by atoms with Crippen LogP contribution in [0.25, 0.3) is 0 Å². The second-order valence-corrected chi connectivity index (χ2v) is 4.39.